The van der Waals surface area contributed by atoms with Crippen LogP contribution in [0.5, 0.6) is 0 Å². The lowest BCUT2D eigenvalue weighted by Gasteiger charge is -2.17. The first-order valence-corrected chi connectivity index (χ1v) is 9.13. The Balaban J connectivity index is 2.08. The Labute approximate surface area is 142 Å². The maximum absolute atomic E-state index is 12.4. The summed E-state index contributed by atoms with van der Waals surface area (Å²) in [6, 6.07) is 10.6. The van der Waals surface area contributed by atoms with E-state index in [4.69, 9.17) is 4.74 Å². The SMILES string of the molecule is CC(C)(C)OC(=O)/C=C/c1ccn(S(=O)(=O)Cc2ccccc2)c1. The molecule has 0 N–H and O–H groups in total. The molecule has 1 aromatic heterocycles. The van der Waals surface area contributed by atoms with Crippen LogP contribution in [0, 0.1) is 0 Å². The Hall–Kier alpha value is -2.34. The molecule has 0 aliphatic heterocycles. The third kappa shape index (κ3) is 5.38. The maximum atomic E-state index is 12.4. The highest BCUT2D eigenvalue weighted by Gasteiger charge is 2.15. The molecule has 128 valence electrons. The zero-order valence-corrected chi connectivity index (χ0v) is 14.8. The van der Waals surface area contributed by atoms with Gasteiger partial charge in [0.2, 0.25) is 10.0 Å². The average molecular weight is 347 g/mol. The molecule has 0 fully saturated rings. The molecule has 6 heteroatoms. The van der Waals surface area contributed by atoms with Gasteiger partial charge in [0.05, 0.1) is 5.75 Å². The van der Waals surface area contributed by atoms with Gasteiger partial charge in [-0.2, -0.15) is 0 Å². The van der Waals surface area contributed by atoms with Crippen LogP contribution in [0.2, 0.25) is 0 Å². The van der Waals surface area contributed by atoms with E-state index in [-0.39, 0.29) is 5.75 Å². The summed E-state index contributed by atoms with van der Waals surface area (Å²) in [5, 5.41) is 0. The fourth-order valence-electron chi connectivity index (χ4n) is 2.02. The van der Waals surface area contributed by atoms with Crippen molar-refractivity contribution in [1.29, 1.82) is 0 Å². The number of rotatable bonds is 5. The topological polar surface area (TPSA) is 65.4 Å². The molecule has 24 heavy (non-hydrogen) atoms. The van der Waals surface area contributed by atoms with Crippen LogP contribution in [0.25, 0.3) is 6.08 Å². The lowest BCUT2D eigenvalue weighted by molar-refractivity contribution is -0.148. The Morgan fingerprint density at radius 1 is 1.17 bits per heavy atom. The monoisotopic (exact) mass is 347 g/mol. The van der Waals surface area contributed by atoms with Gasteiger partial charge < -0.3 is 4.74 Å². The van der Waals surface area contributed by atoms with Crippen molar-refractivity contribution in [2.45, 2.75) is 32.1 Å². The molecule has 0 amide bonds. The van der Waals surface area contributed by atoms with Gasteiger partial charge in [0.15, 0.2) is 0 Å². The van der Waals surface area contributed by atoms with Crippen LogP contribution in [0.4, 0.5) is 0 Å². The van der Waals surface area contributed by atoms with E-state index in [0.29, 0.717) is 5.56 Å². The predicted molar refractivity (Wildman–Crippen MR) is 93.8 cm³/mol. The first-order valence-electron chi connectivity index (χ1n) is 7.52. The Morgan fingerprint density at radius 3 is 2.46 bits per heavy atom. The first-order chi connectivity index (χ1) is 11.2. The second-order valence-corrected chi connectivity index (χ2v) is 8.26. The van der Waals surface area contributed by atoms with Crippen LogP contribution in [-0.2, 0) is 25.3 Å². The lowest BCUT2D eigenvalue weighted by atomic mass is 10.2. The van der Waals surface area contributed by atoms with Crippen molar-refractivity contribution in [1.82, 2.24) is 3.97 Å². The number of esters is 1. The van der Waals surface area contributed by atoms with E-state index in [1.165, 1.54) is 24.5 Å². The fourth-order valence-corrected chi connectivity index (χ4v) is 3.31. The molecule has 0 spiro atoms. The Bertz CT molecular complexity index is 827. The smallest absolute Gasteiger partial charge is 0.331 e. The van der Waals surface area contributed by atoms with Crippen molar-refractivity contribution < 1.29 is 17.9 Å². The van der Waals surface area contributed by atoms with Crippen LogP contribution < -0.4 is 0 Å². The van der Waals surface area contributed by atoms with Crippen LogP contribution >= 0.6 is 0 Å². The standard InChI is InChI=1S/C18H21NO4S/c1-18(2,3)23-17(20)10-9-15-11-12-19(13-15)24(21,22)14-16-7-5-4-6-8-16/h4-13H,14H2,1-3H3/b10-9+. The highest BCUT2D eigenvalue weighted by atomic mass is 32.2. The number of hydrogen-bond donors (Lipinski definition) is 0. The number of benzene rings is 1. The number of hydrogen-bond acceptors (Lipinski definition) is 4. The van der Waals surface area contributed by atoms with Gasteiger partial charge in [-0.3, -0.25) is 3.97 Å². The molecule has 0 saturated carbocycles. The normalized spacial score (nSPS) is 12.5. The van der Waals surface area contributed by atoms with Crippen LogP contribution in [0.15, 0.2) is 54.9 Å². The van der Waals surface area contributed by atoms with Crippen molar-refractivity contribution in [3.63, 3.8) is 0 Å². The van der Waals surface area contributed by atoms with Crippen molar-refractivity contribution in [3.8, 4) is 0 Å². The van der Waals surface area contributed by atoms with Gasteiger partial charge in [0.25, 0.3) is 0 Å². The third-order valence-corrected chi connectivity index (χ3v) is 4.59. The van der Waals surface area contributed by atoms with E-state index in [1.807, 2.05) is 6.07 Å². The van der Waals surface area contributed by atoms with E-state index in [1.54, 1.807) is 51.1 Å². The summed E-state index contributed by atoms with van der Waals surface area (Å²) < 4.78 is 31.1. The molecular weight excluding hydrogens is 326 g/mol. The molecule has 0 radical (unpaired) electrons. The van der Waals surface area contributed by atoms with Crippen molar-refractivity contribution in [2.24, 2.45) is 0 Å². The molecule has 0 aliphatic carbocycles. The second-order valence-electron chi connectivity index (χ2n) is 6.38. The van der Waals surface area contributed by atoms with Crippen LogP contribution in [-0.4, -0.2) is 24.0 Å². The van der Waals surface area contributed by atoms with Gasteiger partial charge in [0.1, 0.15) is 5.60 Å². The number of aromatic nitrogens is 1. The van der Waals surface area contributed by atoms with E-state index in [2.05, 4.69) is 0 Å². The summed E-state index contributed by atoms with van der Waals surface area (Å²) in [7, 11) is -3.49. The molecule has 0 unspecified atom stereocenters. The van der Waals surface area contributed by atoms with E-state index in [9.17, 15) is 13.2 Å². The molecule has 1 aromatic carbocycles. The Kier molecular flexibility index (Phi) is 5.29. The summed E-state index contributed by atoms with van der Waals surface area (Å²) in [6.07, 6.45) is 5.75. The number of carbonyl (C=O) groups is 1. The summed E-state index contributed by atoms with van der Waals surface area (Å²) in [5.41, 5.74) is 0.765. The molecular formula is C18H21NO4S. The van der Waals surface area contributed by atoms with Crippen molar-refractivity contribution in [3.05, 3.63) is 66.0 Å². The highest BCUT2D eigenvalue weighted by molar-refractivity contribution is 7.89. The second kappa shape index (κ2) is 7.05. The van der Waals surface area contributed by atoms with E-state index >= 15 is 0 Å². The average Bonchev–Trinajstić information content (AvgIpc) is 2.94. The molecule has 1 heterocycles. The lowest BCUT2D eigenvalue weighted by Crippen LogP contribution is -2.22. The largest absolute Gasteiger partial charge is 0.457 e. The summed E-state index contributed by atoms with van der Waals surface area (Å²) in [6.45, 7) is 5.35. The quantitative estimate of drug-likeness (QED) is 0.615. The van der Waals surface area contributed by atoms with Crippen molar-refractivity contribution >= 4 is 22.1 Å². The molecule has 0 atom stereocenters. The van der Waals surface area contributed by atoms with Gasteiger partial charge in [-0.15, -0.1) is 0 Å². The number of nitrogens with zero attached hydrogens (tertiary/aromatic N) is 1. The molecule has 2 aromatic rings. The van der Waals surface area contributed by atoms with E-state index in [0.717, 1.165) is 9.54 Å². The highest BCUT2D eigenvalue weighted by Crippen LogP contribution is 2.13. The zero-order valence-electron chi connectivity index (χ0n) is 14.0. The van der Waals surface area contributed by atoms with Crippen molar-refractivity contribution in [2.75, 3.05) is 0 Å². The molecule has 0 aliphatic rings. The van der Waals surface area contributed by atoms with Gasteiger partial charge in [-0.25, -0.2) is 13.2 Å². The van der Waals surface area contributed by atoms with Crippen LogP contribution in [0.3, 0.4) is 0 Å². The first kappa shape index (κ1) is 18.0. The van der Waals surface area contributed by atoms with Gasteiger partial charge in [0, 0.05) is 18.5 Å². The molecule has 5 nitrogen and oxygen atoms in total. The van der Waals surface area contributed by atoms with Gasteiger partial charge in [-0.1, -0.05) is 30.3 Å². The minimum absolute atomic E-state index is 0.0856. The van der Waals surface area contributed by atoms with Gasteiger partial charge >= 0.3 is 5.97 Å². The molecule has 0 bridgehead atoms. The minimum Gasteiger partial charge on any atom is -0.457 e. The molecule has 0 saturated heterocycles. The summed E-state index contributed by atoms with van der Waals surface area (Å²) >= 11 is 0. The van der Waals surface area contributed by atoms with E-state index < -0.39 is 21.6 Å². The number of ether oxygens (including phenoxy) is 1. The zero-order chi connectivity index (χ0) is 17.8. The minimum atomic E-state index is -3.49. The van der Waals surface area contributed by atoms with Gasteiger partial charge in [-0.05, 0) is 44.0 Å². The predicted octanol–water partition coefficient (Wildman–Crippen LogP) is 3.22. The fraction of sp³-hybridized carbons (Fsp3) is 0.278. The Morgan fingerprint density at radius 2 is 1.83 bits per heavy atom. The van der Waals surface area contributed by atoms with Crippen LogP contribution in [0.1, 0.15) is 31.9 Å². The number of carbonyl (C=O) groups excluding carboxylic acids is 1. The molecule has 2 rings (SSSR count). The summed E-state index contributed by atoms with van der Waals surface area (Å²) in [4.78, 5) is 11.6. The summed E-state index contributed by atoms with van der Waals surface area (Å²) in [5.74, 6) is -0.556. The maximum Gasteiger partial charge on any atom is 0.331 e. The third-order valence-electron chi connectivity index (χ3n) is 3.02.